The number of esters is 1. The molecule has 0 unspecified atom stereocenters. The first-order valence-corrected chi connectivity index (χ1v) is 11.8. The molecule has 0 fully saturated rings. The molecule has 2 heterocycles. The van der Waals surface area contributed by atoms with E-state index in [0.29, 0.717) is 22.1 Å². The molecular weight excluding hydrogens is 436 g/mol. The maximum Gasteiger partial charge on any atom is 0.356 e. The third kappa shape index (κ3) is 3.37. The molecule has 0 N–H and O–H groups in total. The number of carbonyl (C=O) groups excluding carboxylic acids is 1. The van der Waals surface area contributed by atoms with Crippen LogP contribution in [-0.2, 0) is 14.8 Å². The summed E-state index contributed by atoms with van der Waals surface area (Å²) in [5, 5.41) is 1.38. The molecule has 3 aromatic carbocycles. The molecule has 0 aliphatic carbocycles. The van der Waals surface area contributed by atoms with Gasteiger partial charge >= 0.3 is 5.97 Å². The third-order valence-electron chi connectivity index (χ3n) is 5.61. The van der Waals surface area contributed by atoms with Crippen molar-refractivity contribution in [1.29, 1.82) is 0 Å². The van der Waals surface area contributed by atoms with Gasteiger partial charge in [0.25, 0.3) is 10.0 Å². The highest BCUT2D eigenvalue weighted by Crippen LogP contribution is 2.38. The first kappa shape index (κ1) is 20.9. The maximum absolute atomic E-state index is 13.9. The number of aromatic nitrogens is 2. The smallest absolute Gasteiger partial charge is 0.356 e. The monoisotopic (exact) mass is 456 g/mol. The Morgan fingerprint density at radius 2 is 1.55 bits per heavy atom. The summed E-state index contributed by atoms with van der Waals surface area (Å²) >= 11 is 0. The Morgan fingerprint density at radius 3 is 2.24 bits per heavy atom. The van der Waals surface area contributed by atoms with E-state index in [1.54, 1.807) is 36.4 Å². The first-order chi connectivity index (χ1) is 15.9. The second kappa shape index (κ2) is 7.86. The van der Waals surface area contributed by atoms with Gasteiger partial charge in [0.1, 0.15) is 0 Å². The predicted octanol–water partition coefficient (Wildman–Crippen LogP) is 5.19. The zero-order chi connectivity index (χ0) is 23.2. The van der Waals surface area contributed by atoms with Gasteiger partial charge in [-0.25, -0.2) is 22.2 Å². The molecule has 164 valence electrons. The van der Waals surface area contributed by atoms with Crippen LogP contribution in [0.15, 0.2) is 89.8 Å². The lowest BCUT2D eigenvalue weighted by Crippen LogP contribution is -2.13. The molecule has 0 radical (unpaired) electrons. The number of para-hydroxylation sites is 1. The SMILES string of the molecule is COC(=O)c1cc2c(c(-c3ccccc3)n1)c1ccccc1n2S(=O)(=O)c1ccc(C)cc1. The van der Waals surface area contributed by atoms with E-state index in [9.17, 15) is 13.2 Å². The van der Waals surface area contributed by atoms with Gasteiger partial charge in [0.15, 0.2) is 5.69 Å². The maximum atomic E-state index is 13.9. The number of nitrogens with zero attached hydrogens (tertiary/aromatic N) is 2. The van der Waals surface area contributed by atoms with Crippen molar-refractivity contribution in [3.05, 3.63) is 96.2 Å². The highest BCUT2D eigenvalue weighted by Gasteiger charge is 2.27. The van der Waals surface area contributed by atoms with E-state index >= 15 is 0 Å². The largest absolute Gasteiger partial charge is 0.464 e. The molecule has 0 aliphatic heterocycles. The zero-order valence-corrected chi connectivity index (χ0v) is 18.8. The van der Waals surface area contributed by atoms with Gasteiger partial charge in [-0.3, -0.25) is 0 Å². The fourth-order valence-electron chi connectivity index (χ4n) is 4.04. The number of hydrogen-bond acceptors (Lipinski definition) is 5. The lowest BCUT2D eigenvalue weighted by Gasteiger charge is -2.11. The first-order valence-electron chi connectivity index (χ1n) is 10.3. The molecule has 0 aliphatic rings. The molecular formula is C26H20N2O4S. The zero-order valence-electron chi connectivity index (χ0n) is 18.0. The van der Waals surface area contributed by atoms with Crippen LogP contribution in [-0.4, -0.2) is 30.5 Å². The molecule has 2 aromatic heterocycles. The number of rotatable bonds is 4. The summed E-state index contributed by atoms with van der Waals surface area (Å²) < 4.78 is 33.9. The molecule has 33 heavy (non-hydrogen) atoms. The summed E-state index contributed by atoms with van der Waals surface area (Å²) in [6, 6.07) is 24.8. The van der Waals surface area contributed by atoms with E-state index in [1.165, 1.54) is 17.1 Å². The molecule has 7 heteroatoms. The number of aryl methyl sites for hydroxylation is 1. The Hall–Kier alpha value is -3.97. The molecule has 5 rings (SSSR count). The standard InChI is InChI=1S/C26H20N2O4S/c1-17-12-14-19(15-13-17)33(30,31)28-22-11-7-6-10-20(22)24-23(28)16-21(26(29)32-2)27-25(24)18-8-4-3-5-9-18/h3-16H,1-2H3. The van der Waals surface area contributed by atoms with Gasteiger partial charge in [0, 0.05) is 16.3 Å². The highest BCUT2D eigenvalue weighted by molar-refractivity contribution is 7.90. The van der Waals surface area contributed by atoms with Gasteiger partial charge in [-0.15, -0.1) is 0 Å². The number of hydrogen-bond donors (Lipinski definition) is 0. The Balaban J connectivity index is 1.96. The van der Waals surface area contributed by atoms with Gasteiger partial charge in [0.05, 0.1) is 28.7 Å². The average Bonchev–Trinajstić information content (AvgIpc) is 3.19. The molecule has 0 saturated heterocycles. The molecule has 6 nitrogen and oxygen atoms in total. The summed E-state index contributed by atoms with van der Waals surface area (Å²) in [5.74, 6) is -0.640. The highest BCUT2D eigenvalue weighted by atomic mass is 32.2. The number of methoxy groups -OCH3 is 1. The third-order valence-corrected chi connectivity index (χ3v) is 7.35. The van der Waals surface area contributed by atoms with Crippen LogP contribution < -0.4 is 0 Å². The Bertz CT molecular complexity index is 1620. The topological polar surface area (TPSA) is 78.3 Å². The average molecular weight is 457 g/mol. The number of carbonyl (C=O) groups is 1. The summed E-state index contributed by atoms with van der Waals surface area (Å²) in [6.07, 6.45) is 0. The van der Waals surface area contributed by atoms with E-state index in [2.05, 4.69) is 4.98 Å². The second-order valence-corrected chi connectivity index (χ2v) is 9.49. The minimum absolute atomic E-state index is 0.0343. The quantitative estimate of drug-likeness (QED) is 0.348. The Morgan fingerprint density at radius 1 is 0.879 bits per heavy atom. The molecule has 0 amide bonds. The lowest BCUT2D eigenvalue weighted by molar-refractivity contribution is 0.0594. The van der Waals surface area contributed by atoms with Gasteiger partial charge in [-0.1, -0.05) is 66.2 Å². The molecule has 0 bridgehead atoms. The Kier molecular flexibility index (Phi) is 4.98. The molecule has 0 saturated carbocycles. The minimum Gasteiger partial charge on any atom is -0.464 e. The van der Waals surface area contributed by atoms with Crippen LogP contribution in [0.4, 0.5) is 0 Å². The predicted molar refractivity (Wildman–Crippen MR) is 128 cm³/mol. The summed E-state index contributed by atoms with van der Waals surface area (Å²) in [6.45, 7) is 1.90. The van der Waals surface area contributed by atoms with Crippen LogP contribution >= 0.6 is 0 Å². The van der Waals surface area contributed by atoms with Gasteiger partial charge in [-0.05, 0) is 31.2 Å². The number of benzene rings is 3. The van der Waals surface area contributed by atoms with Crippen molar-refractivity contribution in [2.45, 2.75) is 11.8 Å². The van der Waals surface area contributed by atoms with Crippen molar-refractivity contribution < 1.29 is 17.9 Å². The molecule has 0 atom stereocenters. The van der Waals surface area contributed by atoms with E-state index in [1.807, 2.05) is 49.4 Å². The summed E-state index contributed by atoms with van der Waals surface area (Å²) in [4.78, 5) is 17.2. The van der Waals surface area contributed by atoms with Crippen molar-refractivity contribution in [2.24, 2.45) is 0 Å². The van der Waals surface area contributed by atoms with Gasteiger partial charge in [-0.2, -0.15) is 0 Å². The van der Waals surface area contributed by atoms with Crippen molar-refractivity contribution in [3.8, 4) is 11.3 Å². The normalized spacial score (nSPS) is 11.7. The second-order valence-electron chi connectivity index (χ2n) is 7.71. The Labute approximate surface area is 191 Å². The summed E-state index contributed by atoms with van der Waals surface area (Å²) in [5.41, 5.74) is 3.15. The van der Waals surface area contributed by atoms with Crippen LogP contribution in [0, 0.1) is 6.92 Å². The minimum atomic E-state index is -3.98. The van der Waals surface area contributed by atoms with Crippen LogP contribution in [0.2, 0.25) is 0 Å². The van der Waals surface area contributed by atoms with E-state index in [4.69, 9.17) is 4.74 Å². The van der Waals surface area contributed by atoms with Crippen molar-refractivity contribution >= 4 is 37.8 Å². The van der Waals surface area contributed by atoms with Gasteiger partial charge < -0.3 is 4.74 Å². The molecule has 0 spiro atoms. The van der Waals surface area contributed by atoms with Crippen LogP contribution in [0.3, 0.4) is 0 Å². The number of pyridine rings is 1. The molecule has 5 aromatic rings. The van der Waals surface area contributed by atoms with Gasteiger partial charge in [0.2, 0.25) is 0 Å². The van der Waals surface area contributed by atoms with E-state index in [0.717, 1.165) is 16.5 Å². The van der Waals surface area contributed by atoms with Crippen LogP contribution in [0.5, 0.6) is 0 Å². The van der Waals surface area contributed by atoms with Crippen LogP contribution in [0.1, 0.15) is 16.1 Å². The van der Waals surface area contributed by atoms with E-state index in [-0.39, 0.29) is 10.6 Å². The summed E-state index contributed by atoms with van der Waals surface area (Å²) in [7, 11) is -2.70. The van der Waals surface area contributed by atoms with Crippen LogP contribution in [0.25, 0.3) is 33.1 Å². The fourth-order valence-corrected chi connectivity index (χ4v) is 5.55. The van der Waals surface area contributed by atoms with Crippen molar-refractivity contribution in [3.63, 3.8) is 0 Å². The number of ether oxygens (including phenoxy) is 1. The van der Waals surface area contributed by atoms with E-state index < -0.39 is 16.0 Å². The lowest BCUT2D eigenvalue weighted by atomic mass is 10.0. The van der Waals surface area contributed by atoms with Crippen molar-refractivity contribution in [1.82, 2.24) is 8.96 Å². The van der Waals surface area contributed by atoms with Crippen molar-refractivity contribution in [2.75, 3.05) is 7.11 Å². The number of fused-ring (bicyclic) bond motifs is 3. The fraction of sp³-hybridized carbons (Fsp3) is 0.0769.